The van der Waals surface area contributed by atoms with E-state index in [2.05, 4.69) is 26.8 Å². The van der Waals surface area contributed by atoms with E-state index < -0.39 is 24.0 Å². The zero-order valence-corrected chi connectivity index (χ0v) is 28.1. The van der Waals surface area contributed by atoms with Gasteiger partial charge in [-0.25, -0.2) is 9.98 Å². The van der Waals surface area contributed by atoms with Crippen molar-refractivity contribution in [3.8, 4) is 23.3 Å². The Balaban J connectivity index is 1.37. The zero-order valence-electron chi connectivity index (χ0n) is 28.1. The number of methoxy groups -OCH3 is 2. The number of fused-ring (bicyclic) bond motifs is 1. The number of aliphatic imine (C=N–C) groups is 1. The molecule has 1 aliphatic rings. The van der Waals surface area contributed by atoms with Crippen LogP contribution < -0.4 is 15.0 Å². The number of ether oxygens (including phenoxy) is 4. The molecule has 2 aromatic heterocycles. The molecule has 2 N–H and O–H groups in total. The molecule has 11 heteroatoms. The number of aromatic amines is 1. The van der Waals surface area contributed by atoms with Crippen molar-refractivity contribution in [3.63, 3.8) is 0 Å². The van der Waals surface area contributed by atoms with Gasteiger partial charge in [0.15, 0.2) is 0 Å². The highest BCUT2D eigenvalue weighted by Gasteiger charge is 2.42. The summed E-state index contributed by atoms with van der Waals surface area (Å²) >= 11 is 0. The third kappa shape index (κ3) is 6.67. The second kappa shape index (κ2) is 14.4. The molecule has 1 fully saturated rings. The second-order valence-electron chi connectivity index (χ2n) is 11.9. The fourth-order valence-corrected chi connectivity index (χ4v) is 6.15. The summed E-state index contributed by atoms with van der Waals surface area (Å²) in [7, 11) is 6.90. The van der Waals surface area contributed by atoms with Crippen LogP contribution in [-0.4, -0.2) is 78.0 Å². The number of rotatable bonds is 11. The van der Waals surface area contributed by atoms with E-state index in [9.17, 15) is 9.90 Å². The predicted octanol–water partition coefficient (Wildman–Crippen LogP) is 4.99. The van der Waals surface area contributed by atoms with E-state index in [1.54, 1.807) is 43.1 Å². The maximum atomic E-state index is 13.4. The van der Waals surface area contributed by atoms with E-state index in [1.807, 2.05) is 93.0 Å². The van der Waals surface area contributed by atoms with Gasteiger partial charge < -0.3 is 33.5 Å². The summed E-state index contributed by atoms with van der Waals surface area (Å²) in [6.45, 7) is 1.75. The Morgan fingerprint density at radius 2 is 1.63 bits per heavy atom. The van der Waals surface area contributed by atoms with Gasteiger partial charge in [-0.2, -0.15) is 0 Å². The zero-order chi connectivity index (χ0) is 34.5. The summed E-state index contributed by atoms with van der Waals surface area (Å²) < 4.78 is 26.1. The summed E-state index contributed by atoms with van der Waals surface area (Å²) in [5.41, 5.74) is 2.38. The quantitative estimate of drug-likeness (QED) is 0.0879. The van der Waals surface area contributed by atoms with Crippen molar-refractivity contribution in [3.05, 3.63) is 118 Å². The topological polar surface area (TPSA) is 123 Å². The van der Waals surface area contributed by atoms with Gasteiger partial charge in [-0.05, 0) is 47.9 Å². The van der Waals surface area contributed by atoms with Crippen LogP contribution in [0.15, 0.2) is 94.8 Å². The Kier molecular flexibility index (Phi) is 9.82. The van der Waals surface area contributed by atoms with Crippen LogP contribution in [0.3, 0.4) is 0 Å². The number of hydrogen-bond acceptors (Lipinski definition) is 8. The van der Waals surface area contributed by atoms with E-state index in [1.165, 1.54) is 0 Å². The molecule has 0 spiro atoms. The van der Waals surface area contributed by atoms with Crippen LogP contribution >= 0.6 is 0 Å². The first-order valence-electron chi connectivity index (χ1n) is 15.9. The smallest absolute Gasteiger partial charge is 0.277 e. The maximum Gasteiger partial charge on any atom is 0.277 e. The lowest BCUT2D eigenvalue weighted by molar-refractivity contribution is -0.0929. The Labute approximate surface area is 284 Å². The molecular formula is C38H39N5O6. The molecule has 0 amide bonds. The first kappa shape index (κ1) is 33.5. The molecule has 1 aliphatic heterocycles. The summed E-state index contributed by atoms with van der Waals surface area (Å²) in [6, 6.07) is 25.4. The van der Waals surface area contributed by atoms with Crippen LogP contribution in [0.25, 0.3) is 11.0 Å². The van der Waals surface area contributed by atoms with Crippen molar-refractivity contribution in [2.24, 2.45) is 4.99 Å². The van der Waals surface area contributed by atoms with Gasteiger partial charge in [0, 0.05) is 26.7 Å². The molecule has 1 saturated heterocycles. The van der Waals surface area contributed by atoms with Crippen molar-refractivity contribution in [1.29, 1.82) is 0 Å². The number of H-pyrrole nitrogens is 1. The molecule has 252 valence electrons. The molecule has 0 unspecified atom stereocenters. The van der Waals surface area contributed by atoms with Gasteiger partial charge in [-0.15, -0.1) is 5.92 Å². The average molecular weight is 662 g/mol. The Bertz CT molecular complexity index is 2000. The second-order valence-corrected chi connectivity index (χ2v) is 11.9. The number of aromatic nitrogens is 3. The third-order valence-electron chi connectivity index (χ3n) is 8.49. The van der Waals surface area contributed by atoms with Crippen LogP contribution in [0.5, 0.6) is 11.5 Å². The molecule has 11 nitrogen and oxygen atoms in total. The van der Waals surface area contributed by atoms with Crippen LogP contribution in [0.2, 0.25) is 0 Å². The van der Waals surface area contributed by atoms with Crippen LogP contribution in [0.4, 0.5) is 5.95 Å². The molecule has 0 bridgehead atoms. The minimum atomic E-state index is -1.09. The van der Waals surface area contributed by atoms with Gasteiger partial charge in [0.1, 0.15) is 40.5 Å². The van der Waals surface area contributed by atoms with E-state index in [0.29, 0.717) is 22.6 Å². The first-order chi connectivity index (χ1) is 23.8. The lowest BCUT2D eigenvalue weighted by Crippen LogP contribution is -2.38. The first-order valence-corrected chi connectivity index (χ1v) is 15.9. The standard InChI is InChI=1S/C38H39N5O6/c1-6-10-25-22-43(35-34(25)40-37(41-36(35)45)39-24-42(2)3)33-21-31(44)32(49-33)23-48-38(26-11-8-7-9-12-26,27-13-17-29(46-4)18-14-27)28-15-19-30(47-5)20-16-28/h7-9,11-20,22,24,31-33,44H,21,23H2,1-5H3,(H,40,41,45)/t31-,32+,33+/m0/s1. The van der Waals surface area contributed by atoms with Gasteiger partial charge in [0.05, 0.1) is 38.8 Å². The summed E-state index contributed by atoms with van der Waals surface area (Å²) in [4.78, 5) is 26.7. The average Bonchev–Trinajstić information content (AvgIpc) is 3.68. The van der Waals surface area contributed by atoms with Crippen LogP contribution in [-0.2, 0) is 15.1 Å². The summed E-state index contributed by atoms with van der Waals surface area (Å²) in [5.74, 6) is 7.53. The fraction of sp³-hybridized carbons (Fsp3) is 0.289. The molecule has 0 aliphatic carbocycles. The van der Waals surface area contributed by atoms with Crippen LogP contribution in [0, 0.1) is 11.8 Å². The van der Waals surface area contributed by atoms with Gasteiger partial charge >= 0.3 is 0 Å². The monoisotopic (exact) mass is 661 g/mol. The number of aliphatic hydroxyl groups excluding tert-OH is 1. The summed E-state index contributed by atoms with van der Waals surface area (Å²) in [6.07, 6.45) is 1.23. The molecule has 0 radical (unpaired) electrons. The molecule has 3 aromatic carbocycles. The SMILES string of the molecule is CC#Cc1cn([C@H]2C[C@H](O)[C@@H](COC(c3ccccc3)(c3ccc(OC)cc3)c3ccc(OC)cc3)O2)c2c(=O)[nH]c(N=CN(C)C)nc12. The van der Waals surface area contributed by atoms with E-state index >= 15 is 0 Å². The lowest BCUT2D eigenvalue weighted by Gasteiger charge is -2.37. The highest BCUT2D eigenvalue weighted by atomic mass is 16.6. The molecule has 3 heterocycles. The minimum Gasteiger partial charge on any atom is -0.497 e. The molecule has 6 rings (SSSR count). The van der Waals surface area contributed by atoms with Gasteiger partial charge in [0.2, 0.25) is 5.95 Å². The Morgan fingerprint density at radius 1 is 1.02 bits per heavy atom. The largest absolute Gasteiger partial charge is 0.497 e. The fourth-order valence-electron chi connectivity index (χ4n) is 6.15. The number of nitrogens with zero attached hydrogens (tertiary/aromatic N) is 4. The third-order valence-corrected chi connectivity index (χ3v) is 8.49. The number of aliphatic hydroxyl groups is 1. The van der Waals surface area contributed by atoms with Crippen molar-refractivity contribution in [2.45, 2.75) is 37.4 Å². The number of benzene rings is 3. The minimum absolute atomic E-state index is 0.0312. The van der Waals surface area contributed by atoms with E-state index in [4.69, 9.17) is 18.9 Å². The molecule has 5 aromatic rings. The highest BCUT2D eigenvalue weighted by molar-refractivity contribution is 5.83. The van der Waals surface area contributed by atoms with Crippen molar-refractivity contribution >= 4 is 23.3 Å². The Morgan fingerprint density at radius 3 is 2.20 bits per heavy atom. The van der Waals surface area contributed by atoms with Crippen LogP contribution in [0.1, 0.15) is 41.8 Å². The van der Waals surface area contributed by atoms with Crippen molar-refractivity contribution < 1.29 is 24.1 Å². The normalized spacial score (nSPS) is 17.6. The predicted molar refractivity (Wildman–Crippen MR) is 188 cm³/mol. The van der Waals surface area contributed by atoms with Gasteiger partial charge in [-0.1, -0.05) is 60.5 Å². The van der Waals surface area contributed by atoms with E-state index in [-0.39, 0.29) is 30.1 Å². The summed E-state index contributed by atoms with van der Waals surface area (Å²) in [5, 5.41) is 11.4. The van der Waals surface area contributed by atoms with Gasteiger partial charge in [0.25, 0.3) is 5.56 Å². The molecular weight excluding hydrogens is 622 g/mol. The van der Waals surface area contributed by atoms with Crippen molar-refractivity contribution in [1.82, 2.24) is 19.4 Å². The van der Waals surface area contributed by atoms with Crippen molar-refractivity contribution in [2.75, 3.05) is 34.9 Å². The lowest BCUT2D eigenvalue weighted by atomic mass is 9.80. The van der Waals surface area contributed by atoms with E-state index in [0.717, 1.165) is 16.7 Å². The Hall–Kier alpha value is -5.41. The number of hydrogen-bond donors (Lipinski definition) is 2. The molecule has 3 atom stereocenters. The van der Waals surface area contributed by atoms with Gasteiger partial charge in [-0.3, -0.25) is 9.78 Å². The number of nitrogens with one attached hydrogen (secondary N) is 1. The maximum absolute atomic E-state index is 13.4. The molecule has 49 heavy (non-hydrogen) atoms. The molecule has 0 saturated carbocycles. The highest BCUT2D eigenvalue weighted by Crippen LogP contribution is 2.43.